The zero-order valence-corrected chi connectivity index (χ0v) is 13.8. The summed E-state index contributed by atoms with van der Waals surface area (Å²) in [6, 6.07) is 9.94. The van der Waals surface area contributed by atoms with E-state index in [0.29, 0.717) is 30.3 Å². The summed E-state index contributed by atoms with van der Waals surface area (Å²) in [5, 5.41) is 10.2. The second-order valence-electron chi connectivity index (χ2n) is 5.53. The maximum absolute atomic E-state index is 12.4. The number of methoxy groups -OCH3 is 1. The highest BCUT2D eigenvalue weighted by Gasteiger charge is 2.23. The molecule has 1 N–H and O–H groups in total. The van der Waals surface area contributed by atoms with E-state index < -0.39 is 0 Å². The van der Waals surface area contributed by atoms with Gasteiger partial charge in [0.2, 0.25) is 5.75 Å². The number of carbonyl (C=O) groups excluding carboxylic acids is 2. The van der Waals surface area contributed by atoms with Crippen LogP contribution in [0.3, 0.4) is 0 Å². The Bertz CT molecular complexity index is 812. The first kappa shape index (κ1) is 16.8. The monoisotopic (exact) mass is 342 g/mol. The molecule has 0 saturated carbocycles. The second kappa shape index (κ2) is 7.25. The first-order valence-corrected chi connectivity index (χ1v) is 7.92. The van der Waals surface area contributed by atoms with Gasteiger partial charge in [-0.15, -0.1) is 0 Å². The smallest absolute Gasteiger partial charge is 0.204 e. The lowest BCUT2D eigenvalue weighted by molar-refractivity contribution is 0.0913. The van der Waals surface area contributed by atoms with E-state index in [2.05, 4.69) is 0 Å². The molecule has 130 valence electrons. The second-order valence-corrected chi connectivity index (χ2v) is 5.53. The number of benzene rings is 2. The molecule has 0 fully saturated rings. The molecule has 0 aromatic heterocycles. The van der Waals surface area contributed by atoms with Crippen LogP contribution in [0.5, 0.6) is 23.0 Å². The van der Waals surface area contributed by atoms with Crippen LogP contribution in [-0.2, 0) is 0 Å². The summed E-state index contributed by atoms with van der Waals surface area (Å²) in [5.74, 6) is 0.285. The minimum atomic E-state index is -0.335. The molecule has 0 amide bonds. The number of ketones is 2. The van der Waals surface area contributed by atoms with Crippen molar-refractivity contribution in [1.29, 1.82) is 0 Å². The number of fused-ring (bicyclic) bond motifs is 1. The van der Waals surface area contributed by atoms with Crippen LogP contribution in [0.25, 0.3) is 0 Å². The van der Waals surface area contributed by atoms with Gasteiger partial charge in [0, 0.05) is 12.8 Å². The molecule has 2 aromatic carbocycles. The first-order chi connectivity index (χ1) is 12.1. The van der Waals surface area contributed by atoms with Gasteiger partial charge < -0.3 is 19.3 Å². The molecule has 1 aliphatic rings. The van der Waals surface area contributed by atoms with Crippen molar-refractivity contribution >= 4 is 11.6 Å². The molecule has 0 bridgehead atoms. The van der Waals surface area contributed by atoms with Gasteiger partial charge in [-0.25, -0.2) is 0 Å². The molecule has 0 atom stereocenters. The van der Waals surface area contributed by atoms with Crippen molar-refractivity contribution in [2.75, 3.05) is 20.3 Å². The topological polar surface area (TPSA) is 82.1 Å². The van der Waals surface area contributed by atoms with Gasteiger partial charge in [-0.05, 0) is 24.3 Å². The van der Waals surface area contributed by atoms with Crippen LogP contribution < -0.4 is 14.2 Å². The molecule has 0 saturated heterocycles. The Morgan fingerprint density at radius 2 is 1.68 bits per heavy atom. The summed E-state index contributed by atoms with van der Waals surface area (Å²) >= 11 is 0. The van der Waals surface area contributed by atoms with Crippen LogP contribution in [0.15, 0.2) is 36.4 Å². The molecule has 0 aliphatic carbocycles. The highest BCUT2D eigenvalue weighted by atomic mass is 16.6. The number of phenolic OH excluding ortho intramolecular Hbond substituents is 1. The van der Waals surface area contributed by atoms with Gasteiger partial charge in [-0.2, -0.15) is 0 Å². The Labute approximate surface area is 144 Å². The number of phenols is 1. The standard InChI is InChI=1S/C19H18O6/c1-23-16-5-3-2-4-12(16)14(20)7-8-15(21)13-6-9-17-19(18(13)22)25-11-10-24-17/h2-6,9,22H,7-8,10-11H2,1H3. The minimum Gasteiger partial charge on any atom is -0.504 e. The van der Waals surface area contributed by atoms with Crippen LogP contribution in [0.1, 0.15) is 33.6 Å². The van der Waals surface area contributed by atoms with Crippen LogP contribution in [0.4, 0.5) is 0 Å². The van der Waals surface area contributed by atoms with Gasteiger partial charge in [0.05, 0.1) is 18.2 Å². The molecule has 0 spiro atoms. The summed E-state index contributed by atoms with van der Waals surface area (Å²) in [6.45, 7) is 0.706. The average Bonchev–Trinajstić information content (AvgIpc) is 2.66. The molecule has 6 nitrogen and oxygen atoms in total. The number of para-hydroxylation sites is 1. The quantitative estimate of drug-likeness (QED) is 0.813. The van der Waals surface area contributed by atoms with Gasteiger partial charge in [0.1, 0.15) is 19.0 Å². The molecule has 25 heavy (non-hydrogen) atoms. The first-order valence-electron chi connectivity index (χ1n) is 7.92. The molecule has 6 heteroatoms. The highest BCUT2D eigenvalue weighted by Crippen LogP contribution is 2.41. The van der Waals surface area contributed by atoms with Crippen molar-refractivity contribution in [3.63, 3.8) is 0 Å². The number of carbonyl (C=O) groups is 2. The number of hydrogen-bond acceptors (Lipinski definition) is 6. The van der Waals surface area contributed by atoms with Gasteiger partial charge in [0.25, 0.3) is 0 Å². The fourth-order valence-corrected chi connectivity index (χ4v) is 2.70. The minimum absolute atomic E-state index is 0.0209. The molecular formula is C19H18O6. The third kappa shape index (κ3) is 3.42. The van der Waals surface area contributed by atoms with E-state index in [-0.39, 0.29) is 41.5 Å². The van der Waals surface area contributed by atoms with E-state index in [1.54, 1.807) is 30.3 Å². The lowest BCUT2D eigenvalue weighted by atomic mass is 10.00. The Morgan fingerprint density at radius 1 is 1.00 bits per heavy atom. The van der Waals surface area contributed by atoms with Crippen LogP contribution in [0, 0.1) is 0 Å². The summed E-state index contributed by atoms with van der Waals surface area (Å²) in [4.78, 5) is 24.7. The van der Waals surface area contributed by atoms with E-state index in [1.165, 1.54) is 13.2 Å². The van der Waals surface area contributed by atoms with Gasteiger partial charge in [-0.3, -0.25) is 9.59 Å². The number of ether oxygens (including phenoxy) is 3. The largest absolute Gasteiger partial charge is 0.504 e. The van der Waals surface area contributed by atoms with Gasteiger partial charge in [-0.1, -0.05) is 12.1 Å². The van der Waals surface area contributed by atoms with E-state index in [1.807, 2.05) is 0 Å². The molecule has 3 rings (SSSR count). The highest BCUT2D eigenvalue weighted by molar-refractivity contribution is 6.04. The average molecular weight is 342 g/mol. The Balaban J connectivity index is 1.72. The van der Waals surface area contributed by atoms with Crippen molar-refractivity contribution in [3.05, 3.63) is 47.5 Å². The van der Waals surface area contributed by atoms with E-state index in [0.717, 1.165) is 0 Å². The number of rotatable bonds is 6. The molecule has 0 unspecified atom stereocenters. The maximum atomic E-state index is 12.4. The Kier molecular flexibility index (Phi) is 4.88. The third-order valence-corrected chi connectivity index (χ3v) is 3.97. The summed E-state index contributed by atoms with van der Waals surface area (Å²) in [7, 11) is 1.49. The van der Waals surface area contributed by atoms with Crippen LogP contribution in [-0.4, -0.2) is 37.0 Å². The van der Waals surface area contributed by atoms with Gasteiger partial charge in [0.15, 0.2) is 23.1 Å². The normalized spacial score (nSPS) is 12.5. The molecular weight excluding hydrogens is 324 g/mol. The van der Waals surface area contributed by atoms with Crippen LogP contribution >= 0.6 is 0 Å². The zero-order valence-electron chi connectivity index (χ0n) is 13.8. The Morgan fingerprint density at radius 3 is 2.44 bits per heavy atom. The van der Waals surface area contributed by atoms with Crippen LogP contribution in [0.2, 0.25) is 0 Å². The SMILES string of the molecule is COc1ccccc1C(=O)CCC(=O)c1ccc2c(c1O)OCCO2. The van der Waals surface area contributed by atoms with Gasteiger partial charge >= 0.3 is 0 Å². The number of hydrogen-bond donors (Lipinski definition) is 1. The fourth-order valence-electron chi connectivity index (χ4n) is 2.70. The summed E-state index contributed by atoms with van der Waals surface area (Å²) < 4.78 is 15.9. The van der Waals surface area contributed by atoms with E-state index >= 15 is 0 Å². The summed E-state index contributed by atoms with van der Waals surface area (Å²) in [5.41, 5.74) is 0.557. The zero-order chi connectivity index (χ0) is 17.8. The van der Waals surface area contributed by atoms with Crippen molar-refractivity contribution in [3.8, 4) is 23.0 Å². The van der Waals surface area contributed by atoms with Crippen molar-refractivity contribution < 1.29 is 28.9 Å². The summed E-state index contributed by atoms with van der Waals surface area (Å²) in [6.07, 6.45) is -0.00280. The maximum Gasteiger partial charge on any atom is 0.204 e. The number of aromatic hydroxyl groups is 1. The molecule has 1 aliphatic heterocycles. The van der Waals surface area contributed by atoms with Crippen molar-refractivity contribution in [2.45, 2.75) is 12.8 Å². The lowest BCUT2D eigenvalue weighted by Gasteiger charge is -2.20. The Hall–Kier alpha value is -3.02. The number of Topliss-reactive ketones (excluding diaryl/α,β-unsaturated/α-hetero) is 2. The third-order valence-electron chi connectivity index (χ3n) is 3.97. The lowest BCUT2D eigenvalue weighted by Crippen LogP contribution is -2.16. The van der Waals surface area contributed by atoms with Crippen molar-refractivity contribution in [2.24, 2.45) is 0 Å². The predicted molar refractivity (Wildman–Crippen MR) is 90.0 cm³/mol. The fraction of sp³-hybridized carbons (Fsp3) is 0.263. The molecule has 2 aromatic rings. The van der Waals surface area contributed by atoms with E-state index in [9.17, 15) is 14.7 Å². The predicted octanol–water partition coefficient (Wildman–Crippen LogP) is 3.02. The van der Waals surface area contributed by atoms with Crippen molar-refractivity contribution in [1.82, 2.24) is 0 Å². The molecule has 0 radical (unpaired) electrons. The van der Waals surface area contributed by atoms with E-state index in [4.69, 9.17) is 14.2 Å². The molecule has 1 heterocycles.